The second kappa shape index (κ2) is 10.9. The van der Waals surface area contributed by atoms with Crippen molar-refractivity contribution in [3.8, 4) is 12.1 Å². The van der Waals surface area contributed by atoms with Gasteiger partial charge in [-0.25, -0.2) is 0 Å². The Morgan fingerprint density at radius 3 is 1.74 bits per heavy atom. The van der Waals surface area contributed by atoms with Gasteiger partial charge in [-0.05, 0) is 13.0 Å². The van der Waals surface area contributed by atoms with Crippen LogP contribution in [0.4, 0.5) is 0 Å². The normalized spacial score (nSPS) is 11.3. The predicted octanol–water partition coefficient (Wildman–Crippen LogP) is 1.38. The molecule has 0 saturated carbocycles. The molecule has 0 fully saturated rings. The third kappa shape index (κ3) is 7.26. The second-order valence-corrected chi connectivity index (χ2v) is 7.15. The second-order valence-electron chi connectivity index (χ2n) is 4.06. The van der Waals surface area contributed by atoms with Crippen LogP contribution in [0.1, 0.15) is 19.3 Å². The molecule has 0 atom stereocenters. The lowest BCUT2D eigenvalue weighted by Gasteiger charge is -2.26. The molecule has 108 valence electrons. The predicted molar refractivity (Wildman–Crippen MR) is 73.1 cm³/mol. The van der Waals surface area contributed by atoms with Crippen molar-refractivity contribution < 1.29 is 13.3 Å². The minimum Gasteiger partial charge on any atom is -0.377 e. The van der Waals surface area contributed by atoms with Gasteiger partial charge in [0.2, 0.25) is 0 Å². The Hall–Kier alpha value is -0.963. The minimum absolute atomic E-state index is 0.479. The van der Waals surface area contributed by atoms with Crippen molar-refractivity contribution in [3.63, 3.8) is 0 Å². The third-order valence-electron chi connectivity index (χ3n) is 2.97. The van der Waals surface area contributed by atoms with Gasteiger partial charge in [0.25, 0.3) is 0 Å². The minimum atomic E-state index is -2.50. The fourth-order valence-corrected chi connectivity index (χ4v) is 3.53. The number of hydrogen-bond donors (Lipinski definition) is 0. The van der Waals surface area contributed by atoms with Crippen molar-refractivity contribution >= 4 is 8.80 Å². The van der Waals surface area contributed by atoms with Crippen molar-refractivity contribution in [3.05, 3.63) is 0 Å². The maximum absolute atomic E-state index is 8.61. The standard InChI is InChI=1S/C12H23N3O3Si/c1-16-19(17-2,18-3)12-6-11-15(9-4-7-13)10-5-8-14/h4-6,9-12H2,1-3H3. The molecule has 0 bridgehead atoms. The summed E-state index contributed by atoms with van der Waals surface area (Å²) >= 11 is 0. The van der Waals surface area contributed by atoms with E-state index in [1.54, 1.807) is 21.3 Å². The first-order chi connectivity index (χ1) is 9.17. The molecule has 0 N–H and O–H groups in total. The molecule has 19 heavy (non-hydrogen) atoms. The summed E-state index contributed by atoms with van der Waals surface area (Å²) in [6.45, 7) is 2.20. The lowest BCUT2D eigenvalue weighted by Crippen LogP contribution is -2.43. The zero-order chi connectivity index (χ0) is 14.6. The van der Waals surface area contributed by atoms with Crippen LogP contribution in [0.5, 0.6) is 0 Å². The molecule has 0 aliphatic carbocycles. The van der Waals surface area contributed by atoms with Crippen molar-refractivity contribution in [2.75, 3.05) is 41.0 Å². The van der Waals surface area contributed by atoms with Crippen LogP contribution in [0.15, 0.2) is 0 Å². The molecule has 0 aliphatic rings. The molecular weight excluding hydrogens is 262 g/mol. The maximum Gasteiger partial charge on any atom is 0.500 e. The van der Waals surface area contributed by atoms with Crippen LogP contribution in [0.25, 0.3) is 0 Å². The molecule has 0 saturated heterocycles. The average molecular weight is 285 g/mol. The summed E-state index contributed by atoms with van der Waals surface area (Å²) in [4.78, 5) is 2.12. The Morgan fingerprint density at radius 2 is 1.37 bits per heavy atom. The summed E-state index contributed by atoms with van der Waals surface area (Å²) in [7, 11) is 2.30. The van der Waals surface area contributed by atoms with Gasteiger partial charge in [-0.15, -0.1) is 0 Å². The van der Waals surface area contributed by atoms with Crippen LogP contribution in [0, 0.1) is 22.7 Å². The Morgan fingerprint density at radius 1 is 0.895 bits per heavy atom. The third-order valence-corrected chi connectivity index (χ3v) is 5.80. The lowest BCUT2D eigenvalue weighted by molar-refractivity contribution is 0.121. The van der Waals surface area contributed by atoms with Gasteiger partial charge in [0.15, 0.2) is 0 Å². The SMILES string of the molecule is CO[Si](CCCN(CCC#N)CCC#N)(OC)OC. The first kappa shape index (κ1) is 18.0. The Labute approximate surface area is 116 Å². The van der Waals surface area contributed by atoms with E-state index in [1.165, 1.54) is 0 Å². The molecule has 0 unspecified atom stereocenters. The zero-order valence-corrected chi connectivity index (χ0v) is 13.0. The van der Waals surface area contributed by atoms with Crippen molar-refractivity contribution in [1.29, 1.82) is 10.5 Å². The molecule has 0 rings (SSSR count). The quantitative estimate of drug-likeness (QED) is 0.534. The largest absolute Gasteiger partial charge is 0.500 e. The fourth-order valence-electron chi connectivity index (χ4n) is 1.83. The Kier molecular flexibility index (Phi) is 10.4. The highest BCUT2D eigenvalue weighted by molar-refractivity contribution is 6.60. The molecule has 0 aromatic rings. The highest BCUT2D eigenvalue weighted by Crippen LogP contribution is 2.15. The molecule has 0 heterocycles. The van der Waals surface area contributed by atoms with Gasteiger partial charge in [-0.3, -0.25) is 0 Å². The van der Waals surface area contributed by atoms with Crippen molar-refractivity contribution in [2.24, 2.45) is 0 Å². The molecular formula is C12H23N3O3Si. The van der Waals surface area contributed by atoms with Gasteiger partial charge >= 0.3 is 8.80 Å². The number of nitriles is 2. The summed E-state index contributed by atoms with van der Waals surface area (Å²) in [6.07, 6.45) is 1.82. The molecule has 0 radical (unpaired) electrons. The van der Waals surface area contributed by atoms with Crippen LogP contribution in [-0.4, -0.2) is 54.7 Å². The van der Waals surface area contributed by atoms with Gasteiger partial charge in [0.05, 0.1) is 12.1 Å². The van der Waals surface area contributed by atoms with Gasteiger partial charge in [-0.2, -0.15) is 10.5 Å². The summed E-state index contributed by atoms with van der Waals surface area (Å²) < 4.78 is 16.1. The summed E-state index contributed by atoms with van der Waals surface area (Å²) in [5, 5.41) is 17.2. The van der Waals surface area contributed by atoms with E-state index in [4.69, 9.17) is 23.8 Å². The van der Waals surface area contributed by atoms with E-state index in [-0.39, 0.29) is 0 Å². The van der Waals surface area contributed by atoms with Gasteiger partial charge in [0, 0.05) is 53.3 Å². The molecule has 7 heteroatoms. The summed E-state index contributed by atoms with van der Waals surface area (Å²) in [5.74, 6) is 0. The van der Waals surface area contributed by atoms with E-state index in [9.17, 15) is 0 Å². The molecule has 0 aromatic heterocycles. The monoisotopic (exact) mass is 285 g/mol. The Balaban J connectivity index is 4.16. The average Bonchev–Trinajstić information content (AvgIpc) is 2.46. The van der Waals surface area contributed by atoms with E-state index >= 15 is 0 Å². The van der Waals surface area contributed by atoms with Crippen LogP contribution in [0.3, 0.4) is 0 Å². The lowest BCUT2D eigenvalue weighted by atomic mass is 10.3. The van der Waals surface area contributed by atoms with Gasteiger partial charge in [0.1, 0.15) is 0 Å². The number of nitrogens with zero attached hydrogens (tertiary/aromatic N) is 3. The van der Waals surface area contributed by atoms with E-state index in [1.807, 2.05) is 0 Å². The number of rotatable bonds is 11. The van der Waals surface area contributed by atoms with E-state index in [0.29, 0.717) is 25.9 Å². The zero-order valence-electron chi connectivity index (χ0n) is 12.0. The topological polar surface area (TPSA) is 78.5 Å². The maximum atomic E-state index is 8.61. The van der Waals surface area contributed by atoms with E-state index < -0.39 is 8.80 Å². The summed E-state index contributed by atoms with van der Waals surface area (Å²) in [6, 6.07) is 4.98. The molecule has 0 amide bonds. The van der Waals surface area contributed by atoms with Crippen LogP contribution in [-0.2, 0) is 13.3 Å². The van der Waals surface area contributed by atoms with Gasteiger partial charge in [-0.1, -0.05) is 0 Å². The molecule has 0 aromatic carbocycles. The first-order valence-corrected chi connectivity index (χ1v) is 8.23. The highest BCUT2D eigenvalue weighted by atomic mass is 28.4. The molecule has 0 spiro atoms. The number of hydrogen-bond acceptors (Lipinski definition) is 6. The van der Waals surface area contributed by atoms with Gasteiger partial charge < -0.3 is 18.2 Å². The van der Waals surface area contributed by atoms with E-state index in [2.05, 4.69) is 17.0 Å². The molecule has 6 nitrogen and oxygen atoms in total. The van der Waals surface area contributed by atoms with Crippen molar-refractivity contribution in [1.82, 2.24) is 4.90 Å². The van der Waals surface area contributed by atoms with Crippen molar-refractivity contribution in [2.45, 2.75) is 25.3 Å². The van der Waals surface area contributed by atoms with Crippen LogP contribution < -0.4 is 0 Å². The van der Waals surface area contributed by atoms with Crippen LogP contribution in [0.2, 0.25) is 6.04 Å². The smallest absolute Gasteiger partial charge is 0.377 e. The highest BCUT2D eigenvalue weighted by Gasteiger charge is 2.36. The first-order valence-electron chi connectivity index (χ1n) is 6.29. The summed E-state index contributed by atoms with van der Waals surface area (Å²) in [5.41, 5.74) is 0. The van der Waals surface area contributed by atoms with E-state index in [0.717, 1.165) is 19.0 Å². The van der Waals surface area contributed by atoms with Crippen LogP contribution >= 0.6 is 0 Å². The fraction of sp³-hybridized carbons (Fsp3) is 0.833. The Bertz CT molecular complexity index is 284. The molecule has 0 aliphatic heterocycles.